The van der Waals surface area contributed by atoms with Crippen LogP contribution >= 0.6 is 0 Å². The SMILES string of the molecule is O=C=Nc1ccc2c3ccc(N=C=O)c4cccc(c5cccc1c52)c43. The largest absolute Gasteiger partial charge is 0.240 e. The van der Waals surface area contributed by atoms with Crippen molar-refractivity contribution in [1.82, 2.24) is 0 Å². The van der Waals surface area contributed by atoms with E-state index >= 15 is 0 Å². The summed E-state index contributed by atoms with van der Waals surface area (Å²) in [4.78, 5) is 29.3. The van der Waals surface area contributed by atoms with Gasteiger partial charge in [0.25, 0.3) is 0 Å². The standard InChI is InChI=1S/C22H10N2O2/c25-11-23-19-9-7-15-16-8-10-20(24-12-26)18-6-2-4-14(22(16)18)13-3-1-5-17(19)21(13)15/h1-10H. The monoisotopic (exact) mass is 334 g/mol. The summed E-state index contributed by atoms with van der Waals surface area (Å²) in [5.41, 5.74) is 1.22. The van der Waals surface area contributed by atoms with Crippen LogP contribution in [0.25, 0.3) is 43.1 Å². The molecule has 5 rings (SSSR count). The molecule has 0 aliphatic rings. The second-order valence-electron chi connectivity index (χ2n) is 6.13. The van der Waals surface area contributed by atoms with E-state index in [1.165, 1.54) is 0 Å². The van der Waals surface area contributed by atoms with E-state index < -0.39 is 0 Å². The maximum absolute atomic E-state index is 10.8. The Kier molecular flexibility index (Phi) is 2.97. The molecule has 0 N–H and O–H groups in total. The Morgan fingerprint density at radius 1 is 0.500 bits per heavy atom. The fourth-order valence-corrected chi connectivity index (χ4v) is 3.97. The average molecular weight is 334 g/mol. The minimum Gasteiger partial charge on any atom is -0.211 e. The van der Waals surface area contributed by atoms with E-state index in [2.05, 4.69) is 22.1 Å². The molecule has 0 aromatic heterocycles. The normalized spacial score (nSPS) is 11.1. The Morgan fingerprint density at radius 3 is 1.31 bits per heavy atom. The minimum atomic E-state index is 0.610. The van der Waals surface area contributed by atoms with Gasteiger partial charge in [-0.25, -0.2) is 9.59 Å². The molecule has 0 unspecified atom stereocenters. The first-order valence-corrected chi connectivity index (χ1v) is 8.11. The number of fused-ring (bicyclic) bond motifs is 2. The molecule has 0 atom stereocenters. The number of hydrogen-bond acceptors (Lipinski definition) is 4. The molecule has 0 amide bonds. The first kappa shape index (κ1) is 14.5. The third-order valence-electron chi connectivity index (χ3n) is 4.95. The Morgan fingerprint density at radius 2 is 0.885 bits per heavy atom. The molecule has 5 aromatic carbocycles. The summed E-state index contributed by atoms with van der Waals surface area (Å²) in [6.07, 6.45) is 3.28. The topological polar surface area (TPSA) is 58.9 Å². The summed E-state index contributed by atoms with van der Waals surface area (Å²) in [7, 11) is 0. The average Bonchev–Trinajstić information content (AvgIpc) is 2.68. The minimum absolute atomic E-state index is 0.610. The van der Waals surface area contributed by atoms with Crippen molar-refractivity contribution in [2.24, 2.45) is 9.98 Å². The highest BCUT2D eigenvalue weighted by Crippen LogP contribution is 2.44. The van der Waals surface area contributed by atoms with Crippen LogP contribution in [0.3, 0.4) is 0 Å². The highest BCUT2D eigenvalue weighted by molar-refractivity contribution is 6.34. The zero-order valence-electron chi connectivity index (χ0n) is 13.5. The van der Waals surface area contributed by atoms with E-state index in [0.717, 1.165) is 43.1 Å². The van der Waals surface area contributed by atoms with Crippen LogP contribution in [0.5, 0.6) is 0 Å². The van der Waals surface area contributed by atoms with Crippen LogP contribution in [-0.2, 0) is 9.59 Å². The van der Waals surface area contributed by atoms with Gasteiger partial charge in [-0.3, -0.25) is 0 Å². The summed E-state index contributed by atoms with van der Waals surface area (Å²) < 4.78 is 0. The summed E-state index contributed by atoms with van der Waals surface area (Å²) in [6.45, 7) is 0. The van der Waals surface area contributed by atoms with Crippen molar-refractivity contribution in [1.29, 1.82) is 0 Å². The number of benzene rings is 5. The summed E-state index contributed by atoms with van der Waals surface area (Å²) in [6, 6.07) is 19.6. The quantitative estimate of drug-likeness (QED) is 0.181. The summed E-state index contributed by atoms with van der Waals surface area (Å²) in [5, 5.41) is 8.27. The molecule has 4 nitrogen and oxygen atoms in total. The van der Waals surface area contributed by atoms with Crippen molar-refractivity contribution in [3.63, 3.8) is 0 Å². The number of nitrogens with zero attached hydrogens (tertiary/aromatic N) is 2. The molecule has 0 radical (unpaired) electrons. The maximum atomic E-state index is 10.8. The fourth-order valence-electron chi connectivity index (χ4n) is 3.97. The van der Waals surface area contributed by atoms with Crippen molar-refractivity contribution in [2.75, 3.05) is 0 Å². The molecule has 120 valence electrons. The zero-order chi connectivity index (χ0) is 17.7. The van der Waals surface area contributed by atoms with Crippen LogP contribution in [0.1, 0.15) is 0 Å². The van der Waals surface area contributed by atoms with Gasteiger partial charge in [-0.2, -0.15) is 9.98 Å². The van der Waals surface area contributed by atoms with E-state index in [1.54, 1.807) is 12.2 Å². The molecule has 0 saturated heterocycles. The van der Waals surface area contributed by atoms with E-state index in [4.69, 9.17) is 0 Å². The number of rotatable bonds is 2. The number of carbonyl (C=O) groups excluding carboxylic acids is 2. The Labute approximate surface area is 147 Å². The summed E-state index contributed by atoms with van der Waals surface area (Å²) >= 11 is 0. The van der Waals surface area contributed by atoms with Crippen molar-refractivity contribution in [3.8, 4) is 0 Å². The molecule has 0 spiro atoms. The van der Waals surface area contributed by atoms with Crippen molar-refractivity contribution >= 4 is 66.6 Å². The van der Waals surface area contributed by atoms with Crippen molar-refractivity contribution < 1.29 is 9.59 Å². The predicted molar refractivity (Wildman–Crippen MR) is 103 cm³/mol. The third kappa shape index (κ3) is 1.80. The number of aliphatic imine (C=N–C) groups is 2. The first-order chi connectivity index (χ1) is 12.8. The molecule has 0 fully saturated rings. The van der Waals surface area contributed by atoms with E-state index in [9.17, 15) is 9.59 Å². The van der Waals surface area contributed by atoms with Crippen LogP contribution in [-0.4, -0.2) is 12.2 Å². The lowest BCUT2D eigenvalue weighted by Gasteiger charge is -2.15. The van der Waals surface area contributed by atoms with E-state index in [-0.39, 0.29) is 0 Å². The Bertz CT molecular complexity index is 1310. The van der Waals surface area contributed by atoms with Crippen LogP contribution < -0.4 is 0 Å². The van der Waals surface area contributed by atoms with Crippen LogP contribution in [0, 0.1) is 0 Å². The second kappa shape index (κ2) is 5.33. The first-order valence-electron chi connectivity index (χ1n) is 8.11. The molecule has 0 aliphatic heterocycles. The van der Waals surface area contributed by atoms with Gasteiger partial charge in [-0.15, -0.1) is 0 Å². The van der Waals surface area contributed by atoms with Gasteiger partial charge in [0.1, 0.15) is 0 Å². The molecular weight excluding hydrogens is 324 g/mol. The Hall–Kier alpha value is -3.84. The van der Waals surface area contributed by atoms with Crippen LogP contribution in [0.4, 0.5) is 11.4 Å². The van der Waals surface area contributed by atoms with Gasteiger partial charge in [-0.1, -0.05) is 48.5 Å². The van der Waals surface area contributed by atoms with Crippen LogP contribution in [0.2, 0.25) is 0 Å². The Balaban J connectivity index is 2.14. The zero-order valence-corrected chi connectivity index (χ0v) is 13.5. The lowest BCUT2D eigenvalue weighted by Crippen LogP contribution is -1.87. The molecule has 0 aliphatic carbocycles. The van der Waals surface area contributed by atoms with Gasteiger partial charge in [0.15, 0.2) is 0 Å². The van der Waals surface area contributed by atoms with Gasteiger partial charge in [0.2, 0.25) is 12.2 Å². The van der Waals surface area contributed by atoms with Crippen molar-refractivity contribution in [3.05, 3.63) is 60.7 Å². The van der Waals surface area contributed by atoms with E-state index in [0.29, 0.717) is 11.4 Å². The van der Waals surface area contributed by atoms with Gasteiger partial charge in [0, 0.05) is 10.8 Å². The smallest absolute Gasteiger partial charge is 0.211 e. The number of hydrogen-bond donors (Lipinski definition) is 0. The molecule has 26 heavy (non-hydrogen) atoms. The van der Waals surface area contributed by atoms with Gasteiger partial charge in [0.05, 0.1) is 11.4 Å². The van der Waals surface area contributed by atoms with Crippen molar-refractivity contribution in [2.45, 2.75) is 0 Å². The number of isocyanates is 2. The highest BCUT2D eigenvalue weighted by atomic mass is 16.1. The molecule has 0 saturated carbocycles. The van der Waals surface area contributed by atoms with E-state index in [1.807, 2.05) is 48.5 Å². The lowest BCUT2D eigenvalue weighted by atomic mass is 9.89. The van der Waals surface area contributed by atoms with Gasteiger partial charge >= 0.3 is 0 Å². The molecule has 4 heteroatoms. The summed E-state index contributed by atoms with van der Waals surface area (Å²) in [5.74, 6) is 0. The van der Waals surface area contributed by atoms with Crippen LogP contribution in [0.15, 0.2) is 70.6 Å². The molecular formula is C22H10N2O2. The lowest BCUT2D eigenvalue weighted by molar-refractivity contribution is 0.564. The van der Waals surface area contributed by atoms with Gasteiger partial charge in [-0.05, 0) is 44.5 Å². The van der Waals surface area contributed by atoms with Gasteiger partial charge < -0.3 is 0 Å². The molecule has 5 aromatic rings. The molecule has 0 bridgehead atoms. The maximum Gasteiger partial charge on any atom is 0.240 e. The molecule has 0 heterocycles. The predicted octanol–water partition coefficient (Wildman–Crippen LogP) is 5.67. The third-order valence-corrected chi connectivity index (χ3v) is 4.95. The highest BCUT2D eigenvalue weighted by Gasteiger charge is 2.15. The fraction of sp³-hybridized carbons (Fsp3) is 0. The second-order valence-corrected chi connectivity index (χ2v) is 6.13.